The van der Waals surface area contributed by atoms with Crippen LogP contribution < -0.4 is 24.8 Å². The molecule has 7 aliphatic heterocycles. The number of likely N-dealkylation sites (N-methyl/N-ethyl adjacent to an activating group) is 2. The van der Waals surface area contributed by atoms with Gasteiger partial charge in [-0.25, -0.2) is 47.1 Å². The molecule has 3 saturated heterocycles. The molecule has 0 aliphatic carbocycles. The van der Waals surface area contributed by atoms with E-state index in [1.165, 1.54) is 36.9 Å². The minimum absolute atomic E-state index is 0. The fraction of sp³-hybridized carbons (Fsp3) is 0.385. The number of halogens is 2. The fourth-order valence-electron chi connectivity index (χ4n) is 15.4. The molecular weight excluding hydrogens is 1540 g/mol. The number of hydrogen-bond donors (Lipinski definition) is 5. The number of benzene rings is 4. The zero-order valence-corrected chi connectivity index (χ0v) is 67.2. The number of amides is 2. The third-order valence-corrected chi connectivity index (χ3v) is 26.1. The number of nitrogens with zero attached hydrogens (tertiary/aromatic N) is 11. The van der Waals surface area contributed by atoms with Crippen LogP contribution in [0.5, 0.6) is 5.75 Å². The van der Waals surface area contributed by atoms with E-state index in [-0.39, 0.29) is 77.2 Å². The smallest absolute Gasteiger partial charge is 0.290 e. The van der Waals surface area contributed by atoms with E-state index in [9.17, 15) is 34.8 Å². The number of carboxylic acid groups (broad SMARTS) is 4. The maximum Gasteiger partial charge on any atom is 0.290 e. The number of fused-ring (bicyclic) bond motifs is 6. The molecule has 5 aromatic heterocycles. The van der Waals surface area contributed by atoms with Crippen LogP contribution in [-0.2, 0) is 71.7 Å². The van der Waals surface area contributed by atoms with Gasteiger partial charge >= 0.3 is 0 Å². The maximum absolute atomic E-state index is 14.1. The highest BCUT2D eigenvalue weighted by molar-refractivity contribution is 7.90. The summed E-state index contributed by atoms with van der Waals surface area (Å²) in [7, 11) is -3.01. The Morgan fingerprint density at radius 3 is 1.46 bits per heavy atom. The summed E-state index contributed by atoms with van der Waals surface area (Å²) in [5, 5.41) is 33.8. The summed E-state index contributed by atoms with van der Waals surface area (Å²) < 4.78 is 92.6. The van der Waals surface area contributed by atoms with Gasteiger partial charge in [-0.1, -0.05) is 12.1 Å². The number of piperidine rings is 3. The summed E-state index contributed by atoms with van der Waals surface area (Å²) in [6, 6.07) is 29.4. The van der Waals surface area contributed by atoms with Crippen LogP contribution in [0.4, 0.5) is 17.1 Å². The van der Waals surface area contributed by atoms with Crippen molar-refractivity contribution in [2.75, 3.05) is 121 Å². The Balaban J connectivity index is 0.000000196. The van der Waals surface area contributed by atoms with E-state index < -0.39 is 30.1 Å². The minimum Gasteiger partial charge on any atom is -0.490 e. The molecule has 9 aromatic rings. The van der Waals surface area contributed by atoms with Crippen molar-refractivity contribution in [2.45, 2.75) is 104 Å². The Morgan fingerprint density at radius 1 is 0.491 bits per heavy atom. The lowest BCUT2D eigenvalue weighted by atomic mass is 9.86. The molecule has 0 radical (unpaired) electrons. The predicted molar refractivity (Wildman–Crippen MR) is 434 cm³/mol. The molecule has 3 fully saturated rings. The van der Waals surface area contributed by atoms with Crippen molar-refractivity contribution in [3.05, 3.63) is 168 Å². The van der Waals surface area contributed by atoms with Crippen molar-refractivity contribution in [1.29, 1.82) is 0 Å². The van der Waals surface area contributed by atoms with E-state index in [4.69, 9.17) is 44.3 Å². The van der Waals surface area contributed by atoms with Gasteiger partial charge in [-0.15, -0.1) is 24.8 Å². The molecule has 0 atom stereocenters. The van der Waals surface area contributed by atoms with Gasteiger partial charge in [0, 0.05) is 117 Å². The molecule has 2 amide bonds. The quantitative estimate of drug-likeness (QED) is 0.0795. The number of anilines is 3. The molecule has 0 bridgehead atoms. The van der Waals surface area contributed by atoms with E-state index in [1.54, 1.807) is 83.1 Å². The van der Waals surface area contributed by atoms with E-state index in [1.807, 2.05) is 49.6 Å². The Kier molecular flexibility index (Phi) is 30.7. The molecule has 0 unspecified atom stereocenters. The van der Waals surface area contributed by atoms with Crippen molar-refractivity contribution >= 4 is 148 Å². The Morgan fingerprint density at radius 2 is 0.946 bits per heavy atom. The van der Waals surface area contributed by atoms with Gasteiger partial charge in [-0.05, 0) is 254 Å². The molecule has 4 aromatic carbocycles. The second-order valence-electron chi connectivity index (χ2n) is 27.8. The van der Waals surface area contributed by atoms with E-state index in [0.29, 0.717) is 67.3 Å². The van der Waals surface area contributed by atoms with Gasteiger partial charge < -0.3 is 59.9 Å². The Bertz CT molecular complexity index is 5200. The summed E-state index contributed by atoms with van der Waals surface area (Å²) in [6.45, 7) is 12.5. The summed E-state index contributed by atoms with van der Waals surface area (Å²) >= 11 is 0. The monoisotopic (exact) mass is 1640 g/mol. The number of carbonyl (C=O) groups excluding carboxylic acids is 2. The predicted octanol–water partition coefficient (Wildman–Crippen LogP) is 9.52. The Labute approximate surface area is 664 Å². The second kappa shape index (κ2) is 39.1. The molecule has 34 heteroatoms. The molecule has 7 aliphatic rings. The lowest BCUT2D eigenvalue weighted by Gasteiger charge is -2.30. The van der Waals surface area contributed by atoms with Crippen LogP contribution in [0, 0.1) is 0 Å². The SMILES string of the molecule is CC(=O)N1CCc2cc(S(=O)(=O)n3cc(C4=CCN(C)CC4)c4cccnc43)ccc21.CC(=O)N1CCc2cc(S(=O)(=O)n3cc(C4CCNCC4)c4cccnc43)ccc21.CN1CCC(c2ccc3c(c2)c(C2CCN(C)CC2)cn3S(=O)(=O)c2ccc3c(c2)OCCN3C)CC1.Cl.Cl.O=CO.O=CO.O=CO.O=CO. The molecule has 16 rings (SSSR count). The number of ether oxygens (including phenoxy) is 1. The molecule has 602 valence electrons. The second-order valence-corrected chi connectivity index (χ2v) is 33.2. The van der Waals surface area contributed by atoms with Crippen molar-refractivity contribution in [1.82, 2.24) is 41.9 Å². The lowest BCUT2D eigenvalue weighted by molar-refractivity contribution is -0.123. The number of rotatable bonds is 10. The van der Waals surface area contributed by atoms with E-state index in [0.717, 1.165) is 170 Å². The van der Waals surface area contributed by atoms with Crippen LogP contribution in [0.1, 0.15) is 110 Å². The third kappa shape index (κ3) is 19.3. The highest BCUT2D eigenvalue weighted by atomic mass is 35.5. The molecule has 12 heterocycles. The van der Waals surface area contributed by atoms with Gasteiger partial charge in [0.2, 0.25) is 11.8 Å². The first kappa shape index (κ1) is 87.8. The van der Waals surface area contributed by atoms with E-state index >= 15 is 0 Å². The van der Waals surface area contributed by atoms with Crippen LogP contribution in [0.3, 0.4) is 0 Å². The van der Waals surface area contributed by atoms with Crippen LogP contribution in [0.15, 0.2) is 149 Å². The van der Waals surface area contributed by atoms with Crippen LogP contribution in [0.2, 0.25) is 0 Å². The minimum atomic E-state index is -3.84. The summed E-state index contributed by atoms with van der Waals surface area (Å²) in [4.78, 5) is 79.0. The van der Waals surface area contributed by atoms with Gasteiger partial charge in [0.05, 0.1) is 32.4 Å². The van der Waals surface area contributed by atoms with Crippen LogP contribution in [0.25, 0.3) is 38.5 Å². The van der Waals surface area contributed by atoms with Gasteiger partial charge in [0.15, 0.2) is 11.3 Å². The normalized spacial score (nSPS) is 16.7. The third-order valence-electron chi connectivity index (χ3n) is 21.2. The first-order valence-electron chi connectivity index (χ1n) is 36.2. The van der Waals surface area contributed by atoms with Crippen molar-refractivity contribution in [3.63, 3.8) is 0 Å². The molecular formula is C78H96Cl2N12O17S3. The van der Waals surface area contributed by atoms with Gasteiger partial charge in [0.1, 0.15) is 12.4 Å². The highest BCUT2D eigenvalue weighted by Crippen LogP contribution is 2.42. The summed E-state index contributed by atoms with van der Waals surface area (Å²) in [5.41, 5.74) is 11.6. The zero-order chi connectivity index (χ0) is 79.2. The van der Waals surface area contributed by atoms with Crippen LogP contribution in [-0.4, -0.2) is 227 Å². The topological polar surface area (TPSA) is 367 Å². The maximum atomic E-state index is 14.1. The number of pyridine rings is 2. The Hall–Kier alpha value is -9.77. The van der Waals surface area contributed by atoms with Crippen LogP contribution >= 0.6 is 24.8 Å². The lowest BCUT2D eigenvalue weighted by Crippen LogP contribution is -2.29. The number of hydrogen-bond acceptors (Lipinski definition) is 20. The molecule has 29 nitrogen and oxygen atoms in total. The van der Waals surface area contributed by atoms with Crippen molar-refractivity contribution in [3.8, 4) is 5.75 Å². The average Bonchev–Trinajstić information content (AvgIpc) is 1.61. The fourth-order valence-corrected chi connectivity index (χ4v) is 19.6. The first-order valence-corrected chi connectivity index (χ1v) is 40.5. The average molecular weight is 1640 g/mol. The van der Waals surface area contributed by atoms with Gasteiger partial charge in [0.25, 0.3) is 56.0 Å². The number of likely N-dealkylation sites (tertiary alicyclic amines) is 2. The number of nitrogens with one attached hydrogen (secondary N) is 1. The number of aromatic nitrogens is 5. The summed E-state index contributed by atoms with van der Waals surface area (Å²) in [5.74, 6) is 1.77. The molecule has 0 saturated carbocycles. The van der Waals surface area contributed by atoms with E-state index in [2.05, 4.69) is 74.2 Å². The molecule has 0 spiro atoms. The number of carbonyl (C=O) groups is 6. The largest absolute Gasteiger partial charge is 0.490 e. The molecule has 112 heavy (non-hydrogen) atoms. The zero-order valence-electron chi connectivity index (χ0n) is 63.1. The summed E-state index contributed by atoms with van der Waals surface area (Å²) in [6.07, 6.45) is 19.3. The highest BCUT2D eigenvalue weighted by Gasteiger charge is 2.34. The van der Waals surface area contributed by atoms with Gasteiger partial charge in [-0.3, -0.25) is 28.8 Å². The van der Waals surface area contributed by atoms with Gasteiger partial charge in [-0.2, -0.15) is 0 Å². The molecule has 5 N–H and O–H groups in total. The van der Waals surface area contributed by atoms with Crippen molar-refractivity contribution in [2.24, 2.45) is 0 Å². The first-order chi connectivity index (χ1) is 52.8. The van der Waals surface area contributed by atoms with Crippen molar-refractivity contribution < 1.29 is 79.2 Å². The standard InChI is InChI=1S/C29H38N4O3S.C23H24N4O3S.C22H24N4O3S.4CH2O2.2ClH/c1-30-12-8-21(9-13-30)23-4-6-27-25(18-23)26(22-10-14-31(2)15-11-22)20-33(27)37(34,35)24-5-7-28-29(19-24)36-17-16-32(28)3;1-16(28)26-13-9-18-14-19(5-6-22(18)26)31(29,30)27-15-21(17-7-11-25(2)12-8-17)20-4-3-10-24-23(20)27;1-15(27)25-12-8-17-13-18(4-5-21(17)25)30(28,29)26-14-20(16-6-10-23-11-7-16)19-3-2-9-24-22(19)26;4*2-1-3;;/h4-7,18-22H,8-17H2,1-3H3;3-7,10,14-15H,8-9,11-13H2,1-2H3;2-5,9,13-14,16,23H,6-8,10-12H2,1H3;4*1H,(H,2,3);2*1H.